The van der Waals surface area contributed by atoms with Crippen LogP contribution in [-0.2, 0) is 13.2 Å². The summed E-state index contributed by atoms with van der Waals surface area (Å²) in [5, 5.41) is 17.2. The minimum atomic E-state index is 0.0331. The van der Waals surface area contributed by atoms with E-state index >= 15 is 0 Å². The Morgan fingerprint density at radius 3 is 2.70 bits per heavy atom. The average Bonchev–Trinajstić information content (AvgIpc) is 2.76. The van der Waals surface area contributed by atoms with Crippen molar-refractivity contribution in [2.45, 2.75) is 39.0 Å². The second kappa shape index (κ2) is 11.3. The van der Waals surface area contributed by atoms with E-state index in [1.165, 1.54) is 18.4 Å². The predicted octanol–water partition coefficient (Wildman–Crippen LogP) is 3.97. The lowest BCUT2D eigenvalue weighted by molar-refractivity contribution is 0.122. The molecule has 6 heteroatoms. The van der Waals surface area contributed by atoms with Crippen molar-refractivity contribution in [3.63, 3.8) is 0 Å². The first-order chi connectivity index (χ1) is 14.6. The van der Waals surface area contributed by atoms with Crippen molar-refractivity contribution in [2.24, 2.45) is 10.9 Å². The van der Waals surface area contributed by atoms with E-state index in [-0.39, 0.29) is 6.61 Å². The van der Waals surface area contributed by atoms with Gasteiger partial charge in [-0.1, -0.05) is 48.0 Å². The van der Waals surface area contributed by atoms with E-state index in [0.29, 0.717) is 18.5 Å². The molecule has 1 heterocycles. The maximum absolute atomic E-state index is 9.55. The maximum Gasteiger partial charge on any atom is 0.191 e. The summed E-state index contributed by atoms with van der Waals surface area (Å²) in [7, 11) is 2.20. The summed E-state index contributed by atoms with van der Waals surface area (Å²) < 4.78 is 0. The largest absolute Gasteiger partial charge is 0.392 e. The topological polar surface area (TPSA) is 59.9 Å². The second-order valence-corrected chi connectivity index (χ2v) is 8.32. The first-order valence-electron chi connectivity index (χ1n) is 10.8. The van der Waals surface area contributed by atoms with Gasteiger partial charge in [-0.15, -0.1) is 0 Å². The first kappa shape index (κ1) is 22.6. The van der Waals surface area contributed by atoms with Crippen LogP contribution in [0, 0.1) is 5.92 Å². The van der Waals surface area contributed by atoms with Crippen molar-refractivity contribution in [3.05, 3.63) is 70.2 Å². The highest BCUT2D eigenvalue weighted by atomic mass is 35.5. The fourth-order valence-electron chi connectivity index (χ4n) is 4.29. The lowest BCUT2D eigenvalue weighted by atomic mass is 9.85. The van der Waals surface area contributed by atoms with Crippen molar-refractivity contribution in [1.29, 1.82) is 0 Å². The van der Waals surface area contributed by atoms with Crippen LogP contribution in [0.1, 0.15) is 42.5 Å². The van der Waals surface area contributed by atoms with Gasteiger partial charge >= 0.3 is 0 Å². The summed E-state index contributed by atoms with van der Waals surface area (Å²) in [6.07, 6.45) is 2.36. The smallest absolute Gasteiger partial charge is 0.191 e. The van der Waals surface area contributed by atoms with Gasteiger partial charge < -0.3 is 15.7 Å². The van der Waals surface area contributed by atoms with Crippen LogP contribution < -0.4 is 10.6 Å². The number of halogens is 1. The number of aliphatic hydroxyl groups excluding tert-OH is 1. The highest BCUT2D eigenvalue weighted by Crippen LogP contribution is 2.35. The predicted molar refractivity (Wildman–Crippen MR) is 125 cm³/mol. The van der Waals surface area contributed by atoms with Crippen molar-refractivity contribution in [1.82, 2.24) is 15.5 Å². The lowest BCUT2D eigenvalue weighted by Gasteiger charge is -2.40. The quantitative estimate of drug-likeness (QED) is 0.461. The van der Waals surface area contributed by atoms with Crippen LogP contribution >= 0.6 is 11.6 Å². The molecule has 1 fully saturated rings. The van der Waals surface area contributed by atoms with Gasteiger partial charge in [0.1, 0.15) is 0 Å². The van der Waals surface area contributed by atoms with Crippen molar-refractivity contribution < 1.29 is 5.11 Å². The van der Waals surface area contributed by atoms with E-state index in [9.17, 15) is 5.11 Å². The van der Waals surface area contributed by atoms with Crippen molar-refractivity contribution >= 4 is 17.6 Å². The van der Waals surface area contributed by atoms with Crippen molar-refractivity contribution in [2.75, 3.05) is 26.7 Å². The van der Waals surface area contributed by atoms with E-state index in [1.54, 1.807) is 0 Å². The number of nitrogens with one attached hydrogen (secondary N) is 2. The van der Waals surface area contributed by atoms with Crippen LogP contribution in [0.15, 0.2) is 53.5 Å². The van der Waals surface area contributed by atoms with E-state index in [4.69, 9.17) is 16.6 Å². The number of guanidine groups is 1. The molecule has 2 aromatic rings. The SMILES string of the molecule is CCNC(=NCc1ccccc1CO)NCC1CCCN(C)C1c1cccc(Cl)c1. The minimum absolute atomic E-state index is 0.0331. The van der Waals surface area contributed by atoms with Gasteiger partial charge in [0.2, 0.25) is 0 Å². The van der Waals surface area contributed by atoms with Gasteiger partial charge in [-0.05, 0) is 68.1 Å². The molecule has 0 bridgehead atoms. The molecule has 0 radical (unpaired) electrons. The molecule has 0 aromatic heterocycles. The number of aliphatic hydroxyl groups is 1. The lowest BCUT2D eigenvalue weighted by Crippen LogP contribution is -2.45. The highest BCUT2D eigenvalue weighted by molar-refractivity contribution is 6.30. The number of hydrogen-bond donors (Lipinski definition) is 3. The standard InChI is InChI=1S/C24H33ClN4O/c1-3-26-24(27-15-19-8-4-5-9-21(19)17-30)28-16-20-11-7-13-29(2)23(20)18-10-6-12-22(25)14-18/h4-6,8-10,12,14,20,23,30H,3,7,11,13,15-17H2,1-2H3,(H2,26,27,28). The number of aliphatic imine (C=N–C) groups is 1. The highest BCUT2D eigenvalue weighted by Gasteiger charge is 2.30. The number of rotatable bonds is 7. The Labute approximate surface area is 185 Å². The van der Waals surface area contributed by atoms with Crippen LogP contribution in [0.25, 0.3) is 0 Å². The summed E-state index contributed by atoms with van der Waals surface area (Å²) in [6.45, 7) is 5.38. The normalized spacial score (nSPS) is 20.2. The molecule has 30 heavy (non-hydrogen) atoms. The number of likely N-dealkylation sites (tertiary alicyclic amines) is 1. The van der Waals surface area contributed by atoms with E-state index < -0.39 is 0 Å². The van der Waals surface area contributed by atoms with Gasteiger partial charge in [-0.25, -0.2) is 4.99 Å². The van der Waals surface area contributed by atoms with Gasteiger partial charge in [0, 0.05) is 24.2 Å². The fourth-order valence-corrected chi connectivity index (χ4v) is 4.49. The summed E-state index contributed by atoms with van der Waals surface area (Å²) >= 11 is 6.27. The third-order valence-corrected chi connectivity index (χ3v) is 6.00. The molecule has 3 N–H and O–H groups in total. The molecule has 0 saturated carbocycles. The Morgan fingerprint density at radius 1 is 1.17 bits per heavy atom. The molecule has 5 nitrogen and oxygen atoms in total. The zero-order chi connectivity index (χ0) is 21.3. The van der Waals surface area contributed by atoms with Crippen LogP contribution in [0.4, 0.5) is 0 Å². The monoisotopic (exact) mass is 428 g/mol. The van der Waals surface area contributed by atoms with E-state index in [1.807, 2.05) is 36.4 Å². The second-order valence-electron chi connectivity index (χ2n) is 7.89. The Hall–Kier alpha value is -2.08. The number of piperidine rings is 1. The zero-order valence-electron chi connectivity index (χ0n) is 17.9. The Bertz CT molecular complexity index is 841. The first-order valence-corrected chi connectivity index (χ1v) is 11.2. The van der Waals surface area contributed by atoms with Crippen LogP contribution in [0.3, 0.4) is 0 Å². The Kier molecular flexibility index (Phi) is 8.55. The van der Waals surface area contributed by atoms with Gasteiger partial charge in [0.05, 0.1) is 13.2 Å². The molecule has 0 amide bonds. The molecule has 2 atom stereocenters. The van der Waals surface area contributed by atoms with Crippen LogP contribution in [0.2, 0.25) is 5.02 Å². The molecule has 2 aromatic carbocycles. The third kappa shape index (κ3) is 5.97. The summed E-state index contributed by atoms with van der Waals surface area (Å²) in [4.78, 5) is 7.19. The number of benzene rings is 2. The fraction of sp³-hybridized carbons (Fsp3) is 0.458. The molecule has 1 aliphatic rings. The molecule has 3 rings (SSSR count). The molecule has 1 saturated heterocycles. The number of nitrogens with zero attached hydrogens (tertiary/aromatic N) is 2. The summed E-state index contributed by atoms with van der Waals surface area (Å²) in [6, 6.07) is 16.5. The van der Waals surface area contributed by atoms with Gasteiger partial charge in [-0.3, -0.25) is 4.90 Å². The van der Waals surface area contributed by atoms with Gasteiger partial charge in [0.25, 0.3) is 0 Å². The molecule has 2 unspecified atom stereocenters. The maximum atomic E-state index is 9.55. The zero-order valence-corrected chi connectivity index (χ0v) is 18.7. The molecule has 0 aliphatic carbocycles. The molecular weight excluding hydrogens is 396 g/mol. The Morgan fingerprint density at radius 2 is 1.97 bits per heavy atom. The number of hydrogen-bond acceptors (Lipinski definition) is 3. The summed E-state index contributed by atoms with van der Waals surface area (Å²) in [5.74, 6) is 1.28. The van der Waals surface area contributed by atoms with Gasteiger partial charge in [0.15, 0.2) is 5.96 Å². The molecule has 0 spiro atoms. The molecule has 162 valence electrons. The van der Waals surface area contributed by atoms with E-state index in [2.05, 4.69) is 41.6 Å². The van der Waals surface area contributed by atoms with Crippen LogP contribution in [0.5, 0.6) is 0 Å². The minimum Gasteiger partial charge on any atom is -0.392 e. The molecule has 1 aliphatic heterocycles. The molecular formula is C24H33ClN4O. The van der Waals surface area contributed by atoms with Crippen LogP contribution in [-0.4, -0.2) is 42.6 Å². The average molecular weight is 429 g/mol. The van der Waals surface area contributed by atoms with E-state index in [0.717, 1.165) is 41.7 Å². The van der Waals surface area contributed by atoms with Gasteiger partial charge in [-0.2, -0.15) is 0 Å². The van der Waals surface area contributed by atoms with Crippen molar-refractivity contribution in [3.8, 4) is 0 Å². The summed E-state index contributed by atoms with van der Waals surface area (Å²) in [5.41, 5.74) is 3.24. The Balaban J connectivity index is 1.70. The third-order valence-electron chi connectivity index (χ3n) is 5.77.